The van der Waals surface area contributed by atoms with E-state index in [2.05, 4.69) is 68.2 Å². The number of hydrogen-bond acceptors (Lipinski definition) is 2. The van der Waals surface area contributed by atoms with Crippen LogP contribution >= 0.6 is 38.5 Å². The Hall–Kier alpha value is 0.0900. The van der Waals surface area contributed by atoms with Crippen LogP contribution in [0.15, 0.2) is 34.3 Å². The van der Waals surface area contributed by atoms with Gasteiger partial charge in [-0.3, -0.25) is 5.84 Å². The number of rotatable bonds is 3. The van der Waals surface area contributed by atoms with Gasteiger partial charge >= 0.3 is 0 Å². The van der Waals surface area contributed by atoms with Crippen LogP contribution in [-0.2, 0) is 0 Å². The third-order valence-corrected chi connectivity index (χ3v) is 4.53. The van der Waals surface area contributed by atoms with E-state index in [-0.39, 0.29) is 6.04 Å². The molecule has 1 unspecified atom stereocenters. The van der Waals surface area contributed by atoms with Crippen molar-refractivity contribution < 1.29 is 0 Å². The summed E-state index contributed by atoms with van der Waals surface area (Å²) in [6.07, 6.45) is 7.22. The van der Waals surface area contributed by atoms with Crippen molar-refractivity contribution in [2.75, 3.05) is 0 Å². The Bertz CT molecular complexity index is 431. The Morgan fingerprint density at radius 2 is 2.18 bits per heavy atom. The summed E-state index contributed by atoms with van der Waals surface area (Å²) in [5.41, 5.74) is 5.60. The molecule has 1 aliphatic carbocycles. The molecule has 1 aromatic rings. The normalized spacial score (nSPS) is 17.7. The molecule has 17 heavy (non-hydrogen) atoms. The Balaban J connectivity index is 2.34. The van der Waals surface area contributed by atoms with Crippen molar-refractivity contribution in [3.05, 3.63) is 43.5 Å². The molecule has 0 aliphatic heterocycles. The van der Waals surface area contributed by atoms with Gasteiger partial charge in [-0.1, -0.05) is 27.6 Å². The quantitative estimate of drug-likeness (QED) is 0.344. The summed E-state index contributed by atoms with van der Waals surface area (Å²) in [4.78, 5) is 0. The first kappa shape index (κ1) is 13.5. The van der Waals surface area contributed by atoms with Crippen LogP contribution in [0.2, 0.25) is 0 Å². The molecule has 0 bridgehead atoms. The number of hydrazine groups is 1. The summed E-state index contributed by atoms with van der Waals surface area (Å²) in [5.74, 6) is 5.74. The van der Waals surface area contributed by atoms with Crippen molar-refractivity contribution >= 4 is 38.5 Å². The van der Waals surface area contributed by atoms with Gasteiger partial charge in [0.05, 0.1) is 6.04 Å². The molecule has 3 N–H and O–H groups in total. The lowest BCUT2D eigenvalue weighted by atomic mass is 9.90. The Morgan fingerprint density at radius 1 is 1.35 bits per heavy atom. The zero-order valence-corrected chi connectivity index (χ0v) is 13.3. The number of hydrogen-bond donors (Lipinski definition) is 2. The van der Waals surface area contributed by atoms with Gasteiger partial charge in [0.15, 0.2) is 0 Å². The average Bonchev–Trinajstić information content (AvgIpc) is 2.36. The highest BCUT2D eigenvalue weighted by Crippen LogP contribution is 2.33. The van der Waals surface area contributed by atoms with Crippen LogP contribution in [0.3, 0.4) is 0 Å². The second-order valence-electron chi connectivity index (χ2n) is 4.29. The maximum absolute atomic E-state index is 5.74. The zero-order chi connectivity index (χ0) is 12.3. The molecule has 0 spiro atoms. The maximum atomic E-state index is 5.74. The largest absolute Gasteiger partial charge is 0.271 e. The SMILES string of the molecule is NNC(C1=CCCCC1)c1cc(I)ccc1Br. The monoisotopic (exact) mass is 406 g/mol. The smallest absolute Gasteiger partial charge is 0.0681 e. The third-order valence-electron chi connectivity index (χ3n) is 3.13. The molecule has 0 fully saturated rings. The van der Waals surface area contributed by atoms with Gasteiger partial charge < -0.3 is 0 Å². The molecule has 2 nitrogen and oxygen atoms in total. The van der Waals surface area contributed by atoms with Gasteiger partial charge in [0.1, 0.15) is 0 Å². The highest BCUT2D eigenvalue weighted by Gasteiger charge is 2.19. The van der Waals surface area contributed by atoms with Gasteiger partial charge in [-0.15, -0.1) is 0 Å². The lowest BCUT2D eigenvalue weighted by Crippen LogP contribution is -2.30. The molecule has 0 amide bonds. The molecule has 0 radical (unpaired) electrons. The van der Waals surface area contributed by atoms with Crippen molar-refractivity contribution in [2.45, 2.75) is 31.7 Å². The van der Waals surface area contributed by atoms with Crippen LogP contribution in [0, 0.1) is 3.57 Å². The Labute approximate surface area is 124 Å². The lowest BCUT2D eigenvalue weighted by Gasteiger charge is -2.24. The highest BCUT2D eigenvalue weighted by atomic mass is 127. The lowest BCUT2D eigenvalue weighted by molar-refractivity contribution is 0.564. The predicted octanol–water partition coefficient (Wildman–Crippen LogP) is 4.06. The molecule has 0 saturated carbocycles. The first-order valence-electron chi connectivity index (χ1n) is 5.82. The summed E-state index contributed by atoms with van der Waals surface area (Å²) >= 11 is 5.95. The average molecular weight is 407 g/mol. The van der Waals surface area contributed by atoms with Crippen molar-refractivity contribution in [1.82, 2.24) is 5.43 Å². The van der Waals surface area contributed by atoms with Crippen LogP contribution < -0.4 is 11.3 Å². The van der Waals surface area contributed by atoms with Crippen LogP contribution in [0.4, 0.5) is 0 Å². The summed E-state index contributed by atoms with van der Waals surface area (Å²) in [6, 6.07) is 6.51. The second-order valence-corrected chi connectivity index (χ2v) is 6.39. The number of nitrogens with one attached hydrogen (secondary N) is 1. The zero-order valence-electron chi connectivity index (χ0n) is 9.55. The van der Waals surface area contributed by atoms with Crippen molar-refractivity contribution in [3.8, 4) is 0 Å². The van der Waals surface area contributed by atoms with E-state index in [9.17, 15) is 0 Å². The summed E-state index contributed by atoms with van der Waals surface area (Å²) in [6.45, 7) is 0. The van der Waals surface area contributed by atoms with E-state index in [1.165, 1.54) is 34.0 Å². The first-order valence-corrected chi connectivity index (χ1v) is 7.69. The van der Waals surface area contributed by atoms with Gasteiger partial charge in [-0.25, -0.2) is 5.43 Å². The topological polar surface area (TPSA) is 38.0 Å². The number of allylic oxidation sites excluding steroid dienone is 1. The van der Waals surface area contributed by atoms with Gasteiger partial charge in [0, 0.05) is 8.04 Å². The minimum atomic E-state index is 0.138. The second kappa shape index (κ2) is 6.31. The summed E-state index contributed by atoms with van der Waals surface area (Å²) < 4.78 is 2.35. The molecule has 0 aromatic heterocycles. The Kier molecular flexibility index (Phi) is 5.02. The molecule has 1 aliphatic rings. The van der Waals surface area contributed by atoms with Crippen molar-refractivity contribution in [1.29, 1.82) is 0 Å². The van der Waals surface area contributed by atoms with E-state index in [4.69, 9.17) is 5.84 Å². The molecular formula is C13H16BrIN2. The molecular weight excluding hydrogens is 391 g/mol. The van der Waals surface area contributed by atoms with E-state index < -0.39 is 0 Å². The predicted molar refractivity (Wildman–Crippen MR) is 83.5 cm³/mol. The van der Waals surface area contributed by atoms with E-state index in [1.807, 2.05) is 0 Å². The Morgan fingerprint density at radius 3 is 2.82 bits per heavy atom. The van der Waals surface area contributed by atoms with Crippen molar-refractivity contribution in [3.63, 3.8) is 0 Å². The standard InChI is InChI=1S/C13H16BrIN2/c14-12-7-6-10(15)8-11(12)13(17-16)9-4-2-1-3-5-9/h4,6-8,13,17H,1-3,5,16H2. The van der Waals surface area contributed by atoms with E-state index >= 15 is 0 Å². The molecule has 4 heteroatoms. The van der Waals surface area contributed by atoms with Crippen LogP contribution in [0.5, 0.6) is 0 Å². The van der Waals surface area contributed by atoms with Crippen LogP contribution in [-0.4, -0.2) is 0 Å². The van der Waals surface area contributed by atoms with Crippen LogP contribution in [0.1, 0.15) is 37.3 Å². The molecule has 92 valence electrons. The summed E-state index contributed by atoms with van der Waals surface area (Å²) in [5, 5.41) is 0. The fourth-order valence-corrected chi connectivity index (χ4v) is 3.25. The minimum Gasteiger partial charge on any atom is -0.271 e. The van der Waals surface area contributed by atoms with Gasteiger partial charge in [-0.05, 0) is 72.0 Å². The molecule has 0 heterocycles. The number of nitrogens with two attached hydrogens (primary N) is 1. The fourth-order valence-electron chi connectivity index (χ4n) is 2.26. The highest BCUT2D eigenvalue weighted by molar-refractivity contribution is 14.1. The molecule has 2 rings (SSSR count). The van der Waals surface area contributed by atoms with E-state index in [0.717, 1.165) is 10.9 Å². The first-order chi connectivity index (χ1) is 8.22. The van der Waals surface area contributed by atoms with Gasteiger partial charge in [0.25, 0.3) is 0 Å². The van der Waals surface area contributed by atoms with Crippen LogP contribution in [0.25, 0.3) is 0 Å². The summed E-state index contributed by atoms with van der Waals surface area (Å²) in [7, 11) is 0. The molecule has 1 aromatic carbocycles. The molecule has 1 atom stereocenters. The third kappa shape index (κ3) is 3.30. The minimum absolute atomic E-state index is 0.138. The van der Waals surface area contributed by atoms with E-state index in [1.54, 1.807) is 0 Å². The maximum Gasteiger partial charge on any atom is 0.0681 e. The number of halogens is 2. The van der Waals surface area contributed by atoms with E-state index in [0.29, 0.717) is 0 Å². The van der Waals surface area contributed by atoms with Gasteiger partial charge in [0.2, 0.25) is 0 Å². The van der Waals surface area contributed by atoms with Gasteiger partial charge in [-0.2, -0.15) is 0 Å². The molecule has 0 saturated heterocycles. The fraction of sp³-hybridized carbons (Fsp3) is 0.385. The van der Waals surface area contributed by atoms with Crippen molar-refractivity contribution in [2.24, 2.45) is 5.84 Å². The number of benzene rings is 1.